The molecule has 0 aliphatic heterocycles. The standard InChI is InChI=1S/C29H26N2O4/c1-34-25-19-11-9-17-23(25)29(33,24-18-10-12-20-26(24)35-2)28(32)31-30-27(21-13-5-3-6-14-21)22-15-7-4-8-16-22/h3-20,33H,1-2H3,(H,31,32). The molecule has 0 spiro atoms. The summed E-state index contributed by atoms with van der Waals surface area (Å²) in [5.74, 6) is -0.0476. The zero-order valence-corrected chi connectivity index (χ0v) is 19.5. The van der Waals surface area contributed by atoms with Crippen LogP contribution in [0.4, 0.5) is 0 Å². The van der Waals surface area contributed by atoms with Crippen LogP contribution in [0.2, 0.25) is 0 Å². The van der Waals surface area contributed by atoms with Crippen molar-refractivity contribution < 1.29 is 19.4 Å². The van der Waals surface area contributed by atoms with Crippen molar-refractivity contribution >= 4 is 11.6 Å². The van der Waals surface area contributed by atoms with Gasteiger partial charge in [0, 0.05) is 22.3 Å². The molecule has 0 radical (unpaired) electrons. The van der Waals surface area contributed by atoms with E-state index in [2.05, 4.69) is 10.5 Å². The molecule has 2 N–H and O–H groups in total. The van der Waals surface area contributed by atoms with Crippen molar-refractivity contribution in [2.24, 2.45) is 5.10 Å². The number of nitrogens with one attached hydrogen (secondary N) is 1. The molecule has 35 heavy (non-hydrogen) atoms. The van der Waals surface area contributed by atoms with Crippen molar-refractivity contribution in [1.29, 1.82) is 0 Å². The first-order chi connectivity index (χ1) is 17.1. The first kappa shape index (κ1) is 23.7. The van der Waals surface area contributed by atoms with Crippen LogP contribution in [0.25, 0.3) is 0 Å². The Labute approximate surface area is 204 Å². The fourth-order valence-corrected chi connectivity index (χ4v) is 3.95. The largest absolute Gasteiger partial charge is 0.496 e. The summed E-state index contributed by atoms with van der Waals surface area (Å²) in [6, 6.07) is 32.7. The number of hydrogen-bond donors (Lipinski definition) is 2. The molecule has 0 saturated heterocycles. The van der Waals surface area contributed by atoms with Gasteiger partial charge in [-0.2, -0.15) is 5.10 Å². The summed E-state index contributed by atoms with van der Waals surface area (Å²) in [7, 11) is 2.97. The van der Waals surface area contributed by atoms with Gasteiger partial charge < -0.3 is 14.6 Å². The van der Waals surface area contributed by atoms with Gasteiger partial charge in [0.15, 0.2) is 0 Å². The van der Waals surface area contributed by atoms with Gasteiger partial charge in [-0.25, -0.2) is 5.43 Å². The quantitative estimate of drug-likeness (QED) is 0.296. The van der Waals surface area contributed by atoms with Gasteiger partial charge in [0.2, 0.25) is 5.60 Å². The Bertz CT molecular complexity index is 1230. The summed E-state index contributed by atoms with van der Waals surface area (Å²) in [6.45, 7) is 0. The van der Waals surface area contributed by atoms with Crippen LogP contribution in [0.3, 0.4) is 0 Å². The van der Waals surface area contributed by atoms with E-state index in [1.165, 1.54) is 14.2 Å². The Morgan fingerprint density at radius 2 is 1.09 bits per heavy atom. The van der Waals surface area contributed by atoms with E-state index < -0.39 is 11.5 Å². The van der Waals surface area contributed by atoms with Crippen LogP contribution < -0.4 is 14.9 Å². The van der Waals surface area contributed by atoms with Crippen molar-refractivity contribution in [2.75, 3.05) is 14.2 Å². The average Bonchev–Trinajstić information content (AvgIpc) is 2.93. The lowest BCUT2D eigenvalue weighted by Crippen LogP contribution is -2.44. The van der Waals surface area contributed by atoms with Gasteiger partial charge >= 0.3 is 0 Å². The lowest BCUT2D eigenvalue weighted by atomic mass is 9.84. The lowest BCUT2D eigenvalue weighted by molar-refractivity contribution is -0.136. The zero-order chi connectivity index (χ0) is 24.7. The molecular formula is C29H26N2O4. The van der Waals surface area contributed by atoms with Crippen molar-refractivity contribution in [3.8, 4) is 11.5 Å². The van der Waals surface area contributed by atoms with Crippen molar-refractivity contribution in [3.63, 3.8) is 0 Å². The van der Waals surface area contributed by atoms with Gasteiger partial charge in [-0.05, 0) is 12.1 Å². The van der Waals surface area contributed by atoms with Crippen LogP contribution in [0.1, 0.15) is 22.3 Å². The van der Waals surface area contributed by atoms with Gasteiger partial charge in [0.1, 0.15) is 11.5 Å². The molecule has 6 nitrogen and oxygen atoms in total. The Kier molecular flexibility index (Phi) is 7.24. The van der Waals surface area contributed by atoms with E-state index >= 15 is 0 Å². The summed E-state index contributed by atoms with van der Waals surface area (Å²) >= 11 is 0. The normalized spacial score (nSPS) is 10.8. The summed E-state index contributed by atoms with van der Waals surface area (Å²) in [5.41, 5.74) is 3.18. The van der Waals surface area contributed by atoms with Gasteiger partial charge in [-0.15, -0.1) is 0 Å². The van der Waals surface area contributed by atoms with E-state index in [1.807, 2.05) is 60.7 Å². The van der Waals surface area contributed by atoms with E-state index in [9.17, 15) is 9.90 Å². The lowest BCUT2D eigenvalue weighted by Gasteiger charge is -2.29. The van der Waals surface area contributed by atoms with Crippen LogP contribution in [0.15, 0.2) is 114 Å². The number of carbonyl (C=O) groups is 1. The van der Waals surface area contributed by atoms with E-state index in [-0.39, 0.29) is 11.1 Å². The minimum absolute atomic E-state index is 0.265. The van der Waals surface area contributed by atoms with Crippen molar-refractivity contribution in [3.05, 3.63) is 131 Å². The van der Waals surface area contributed by atoms with E-state index in [0.29, 0.717) is 17.2 Å². The average molecular weight is 467 g/mol. The maximum Gasteiger partial charge on any atom is 0.281 e. The molecule has 0 aliphatic carbocycles. The molecule has 0 bridgehead atoms. The molecule has 0 aromatic heterocycles. The minimum atomic E-state index is -2.15. The molecule has 6 heteroatoms. The highest BCUT2D eigenvalue weighted by atomic mass is 16.5. The Hall–Kier alpha value is -4.42. The fourth-order valence-electron chi connectivity index (χ4n) is 3.95. The zero-order valence-electron chi connectivity index (χ0n) is 19.5. The second-order valence-electron chi connectivity index (χ2n) is 7.74. The van der Waals surface area contributed by atoms with E-state index in [1.54, 1.807) is 48.5 Å². The molecule has 0 atom stereocenters. The maximum atomic E-state index is 13.8. The second-order valence-corrected chi connectivity index (χ2v) is 7.74. The molecule has 4 rings (SSSR count). The summed E-state index contributed by atoms with van der Waals surface area (Å²) in [5, 5.41) is 16.5. The van der Waals surface area contributed by atoms with E-state index in [0.717, 1.165) is 11.1 Å². The van der Waals surface area contributed by atoms with Crippen LogP contribution in [0, 0.1) is 0 Å². The van der Waals surface area contributed by atoms with Gasteiger partial charge in [-0.1, -0.05) is 97.1 Å². The van der Waals surface area contributed by atoms with Gasteiger partial charge in [0.25, 0.3) is 5.91 Å². The third-order valence-electron chi connectivity index (χ3n) is 5.69. The van der Waals surface area contributed by atoms with E-state index in [4.69, 9.17) is 9.47 Å². The Morgan fingerprint density at radius 1 is 0.686 bits per heavy atom. The minimum Gasteiger partial charge on any atom is -0.496 e. The summed E-state index contributed by atoms with van der Waals surface area (Å²) in [6.07, 6.45) is 0. The number of carbonyl (C=O) groups excluding carboxylic acids is 1. The highest BCUT2D eigenvalue weighted by molar-refractivity contribution is 6.13. The Morgan fingerprint density at radius 3 is 1.51 bits per heavy atom. The number of aliphatic hydroxyl groups is 1. The van der Waals surface area contributed by atoms with Crippen LogP contribution in [-0.2, 0) is 10.4 Å². The number of hydrazone groups is 1. The summed E-state index contributed by atoms with van der Waals surface area (Å²) in [4.78, 5) is 13.8. The first-order valence-corrected chi connectivity index (χ1v) is 11.1. The molecule has 0 heterocycles. The van der Waals surface area contributed by atoms with Crippen LogP contribution in [0.5, 0.6) is 11.5 Å². The Balaban J connectivity index is 1.84. The topological polar surface area (TPSA) is 80.2 Å². The molecule has 0 saturated carbocycles. The van der Waals surface area contributed by atoms with Crippen molar-refractivity contribution in [2.45, 2.75) is 5.60 Å². The molecule has 0 unspecified atom stereocenters. The smallest absolute Gasteiger partial charge is 0.281 e. The maximum absolute atomic E-state index is 13.8. The first-order valence-electron chi connectivity index (χ1n) is 11.1. The summed E-state index contributed by atoms with van der Waals surface area (Å²) < 4.78 is 11.0. The van der Waals surface area contributed by atoms with Crippen LogP contribution in [-0.4, -0.2) is 30.9 Å². The van der Waals surface area contributed by atoms with Crippen LogP contribution >= 0.6 is 0 Å². The molecule has 4 aromatic rings. The number of ether oxygens (including phenoxy) is 2. The third-order valence-corrected chi connectivity index (χ3v) is 5.69. The number of benzene rings is 4. The SMILES string of the molecule is COc1ccccc1C(O)(C(=O)NN=C(c1ccccc1)c1ccccc1)c1ccccc1OC. The number of rotatable bonds is 8. The molecule has 4 aromatic carbocycles. The number of nitrogens with zero attached hydrogens (tertiary/aromatic N) is 1. The highest BCUT2D eigenvalue weighted by Gasteiger charge is 2.44. The third kappa shape index (κ3) is 4.78. The molecule has 0 aliphatic rings. The van der Waals surface area contributed by atoms with Gasteiger partial charge in [0.05, 0.1) is 19.9 Å². The number of methoxy groups -OCH3 is 2. The number of hydrogen-bond acceptors (Lipinski definition) is 5. The van der Waals surface area contributed by atoms with Gasteiger partial charge in [-0.3, -0.25) is 4.79 Å². The predicted octanol–water partition coefficient (Wildman–Crippen LogP) is 4.51. The number of para-hydroxylation sites is 2. The monoisotopic (exact) mass is 466 g/mol. The second kappa shape index (κ2) is 10.7. The molecule has 0 fully saturated rings. The molecule has 176 valence electrons. The highest BCUT2D eigenvalue weighted by Crippen LogP contribution is 2.40. The molecule has 1 amide bonds. The van der Waals surface area contributed by atoms with Crippen molar-refractivity contribution in [1.82, 2.24) is 5.43 Å². The number of amides is 1. The fraction of sp³-hybridized carbons (Fsp3) is 0.103. The molecular weight excluding hydrogens is 440 g/mol. The predicted molar refractivity (Wildman–Crippen MR) is 136 cm³/mol.